The molecule has 116 valence electrons. The van der Waals surface area contributed by atoms with Gasteiger partial charge in [-0.2, -0.15) is 17.4 Å². The van der Waals surface area contributed by atoms with Crippen LogP contribution in [0, 0.1) is 16.5 Å². The van der Waals surface area contributed by atoms with E-state index in [0.29, 0.717) is 0 Å². The van der Waals surface area contributed by atoms with E-state index in [1.807, 2.05) is 18.2 Å². The third-order valence-corrected chi connectivity index (χ3v) is 3.78. The Labute approximate surface area is 172 Å². The molecule has 0 unspecified atom stereocenters. The minimum Gasteiger partial charge on any atom is -1.00 e. The van der Waals surface area contributed by atoms with E-state index in [0.717, 1.165) is 12.1 Å². The maximum atomic E-state index is 4.32. The Morgan fingerprint density at radius 2 is 1.75 bits per heavy atom. The van der Waals surface area contributed by atoms with E-state index in [-0.39, 0.29) is 51.0 Å². The van der Waals surface area contributed by atoms with Crippen molar-refractivity contribution in [3.63, 3.8) is 0 Å². The number of hydrogen-bond donors (Lipinski definition) is 0. The molecule has 2 aromatic carbocycles. The van der Waals surface area contributed by atoms with Crippen LogP contribution in [0.5, 0.6) is 0 Å². The maximum Gasteiger partial charge on any atom is 4.00 e. The van der Waals surface area contributed by atoms with Crippen LogP contribution < -0.4 is 35.3 Å². The van der Waals surface area contributed by atoms with Crippen molar-refractivity contribution in [3.8, 4) is 0 Å². The fourth-order valence-electron chi connectivity index (χ4n) is 2.78. The molecule has 0 amide bonds. The predicted octanol–water partition coefficient (Wildman–Crippen LogP) is -3.20. The number of aliphatic imine (C=N–C) groups is 1. The Bertz CT molecular complexity index is 1010. The number of allylic oxidation sites excluding steroid dienone is 4. The Hall–Kier alpha value is -1.21. The van der Waals surface area contributed by atoms with Gasteiger partial charge in [0.15, 0.2) is 0 Å². The molecular formula is C20H13Cl2NZr. The number of benzene rings is 2. The van der Waals surface area contributed by atoms with Crippen molar-refractivity contribution in [2.75, 3.05) is 0 Å². The zero-order valence-electron chi connectivity index (χ0n) is 12.8. The molecule has 2 aromatic rings. The molecule has 0 atom stereocenters. The van der Waals surface area contributed by atoms with Crippen LogP contribution in [-0.2, 0) is 26.2 Å². The molecular weight excluding hydrogens is 416 g/mol. The molecule has 24 heavy (non-hydrogen) atoms. The van der Waals surface area contributed by atoms with Gasteiger partial charge in [-0.15, -0.1) is 12.5 Å². The average Bonchev–Trinajstić information content (AvgIpc) is 3.27. The molecule has 4 heteroatoms. The van der Waals surface area contributed by atoms with Gasteiger partial charge in [0, 0.05) is 0 Å². The van der Waals surface area contributed by atoms with E-state index in [1.165, 1.54) is 26.4 Å². The Morgan fingerprint density at radius 1 is 0.917 bits per heavy atom. The summed E-state index contributed by atoms with van der Waals surface area (Å²) in [5.74, 6) is 0. The molecule has 0 radical (unpaired) electrons. The quantitative estimate of drug-likeness (QED) is 0.334. The molecule has 0 N–H and O–H groups in total. The molecule has 3 aliphatic rings. The zero-order chi connectivity index (χ0) is 14.1. The number of nitrogens with zero attached hydrogens (tertiary/aromatic N) is 1. The van der Waals surface area contributed by atoms with Gasteiger partial charge in [0.1, 0.15) is 0 Å². The van der Waals surface area contributed by atoms with Crippen LogP contribution in [0.3, 0.4) is 0 Å². The van der Waals surface area contributed by atoms with E-state index < -0.39 is 0 Å². The third-order valence-electron chi connectivity index (χ3n) is 3.78. The van der Waals surface area contributed by atoms with Crippen LogP contribution in [0.1, 0.15) is 12.0 Å². The smallest absolute Gasteiger partial charge is 1.00 e. The third kappa shape index (κ3) is 3.88. The van der Waals surface area contributed by atoms with Crippen LogP contribution >= 0.6 is 0 Å². The zero-order valence-corrected chi connectivity index (χ0v) is 16.7. The van der Waals surface area contributed by atoms with Gasteiger partial charge in [0.25, 0.3) is 0 Å². The number of rotatable bonds is 0. The molecule has 1 aliphatic heterocycles. The molecule has 5 rings (SSSR count). The molecule has 0 bridgehead atoms. The second-order valence-corrected chi connectivity index (χ2v) is 5.08. The summed E-state index contributed by atoms with van der Waals surface area (Å²) in [5, 5.41) is 5.05. The van der Waals surface area contributed by atoms with Gasteiger partial charge in [-0.25, -0.2) is 12.2 Å². The fraction of sp³-hybridized carbons (Fsp3) is 0.0500. The summed E-state index contributed by atoms with van der Waals surface area (Å²) >= 11 is 0. The summed E-state index contributed by atoms with van der Waals surface area (Å²) in [6.07, 6.45) is 17.1. The van der Waals surface area contributed by atoms with E-state index >= 15 is 0 Å². The minimum atomic E-state index is 0. The normalized spacial score (nSPS) is 12.8. The van der Waals surface area contributed by atoms with Gasteiger partial charge in [0.2, 0.25) is 0 Å². The van der Waals surface area contributed by atoms with Gasteiger partial charge in [-0.3, -0.25) is 6.08 Å². The van der Waals surface area contributed by atoms with Crippen LogP contribution in [0.4, 0.5) is 5.69 Å². The van der Waals surface area contributed by atoms with Crippen molar-refractivity contribution < 1.29 is 51.0 Å². The Kier molecular flexibility index (Phi) is 8.09. The predicted molar refractivity (Wildman–Crippen MR) is 86.5 cm³/mol. The van der Waals surface area contributed by atoms with Gasteiger partial charge < -0.3 is 29.8 Å². The van der Waals surface area contributed by atoms with Gasteiger partial charge in [-0.05, 0) is 15.7 Å². The summed E-state index contributed by atoms with van der Waals surface area (Å²) < 4.78 is 0. The van der Waals surface area contributed by atoms with Gasteiger partial charge >= 0.3 is 26.2 Å². The van der Waals surface area contributed by atoms with Crippen LogP contribution in [0.25, 0.3) is 12.2 Å². The minimum absolute atomic E-state index is 0. The van der Waals surface area contributed by atoms with Crippen molar-refractivity contribution in [2.45, 2.75) is 6.42 Å². The summed E-state index contributed by atoms with van der Waals surface area (Å²) in [7, 11) is 0. The number of fused-ring (bicyclic) bond motifs is 4. The summed E-state index contributed by atoms with van der Waals surface area (Å²) in [6, 6.07) is 12.8. The van der Waals surface area contributed by atoms with Gasteiger partial charge in [0.05, 0.1) is 0 Å². The SMILES string of the molecule is [C-]1=CC=CC1.[C-]1=Nc2c3c(ccc2=C1)=c1ccccc1=C3.[Cl-].[Cl-].[Zr+4]. The molecule has 1 heterocycles. The van der Waals surface area contributed by atoms with Crippen molar-refractivity contribution >= 4 is 24.1 Å². The molecule has 1 nitrogen and oxygen atoms in total. The second kappa shape index (κ2) is 9.32. The maximum absolute atomic E-state index is 4.32. The van der Waals surface area contributed by atoms with Crippen molar-refractivity contribution in [1.29, 1.82) is 0 Å². The van der Waals surface area contributed by atoms with E-state index in [4.69, 9.17) is 0 Å². The van der Waals surface area contributed by atoms with E-state index in [1.54, 1.807) is 0 Å². The molecule has 0 fully saturated rings. The monoisotopic (exact) mass is 427 g/mol. The molecule has 0 saturated heterocycles. The Balaban J connectivity index is 0.000000317. The van der Waals surface area contributed by atoms with E-state index in [2.05, 4.69) is 65.8 Å². The first kappa shape index (κ1) is 20.8. The standard InChI is InChI=1S/C15H8N.C5H5.2ClH.Zr/c1-2-4-12-11(3-1)9-14-13(12)6-5-10-7-8-16-15(10)14;1-2-4-5-3-1;;;/h1-7,9H;1-3H,4H2;2*1H;/q2*-1;;;+4/p-2. The van der Waals surface area contributed by atoms with Crippen LogP contribution in [0.2, 0.25) is 0 Å². The summed E-state index contributed by atoms with van der Waals surface area (Å²) in [5.41, 5.74) is 2.30. The number of hydrogen-bond acceptors (Lipinski definition) is 1. The van der Waals surface area contributed by atoms with Crippen molar-refractivity contribution in [3.05, 3.63) is 87.1 Å². The summed E-state index contributed by atoms with van der Waals surface area (Å²) in [4.78, 5) is 4.32. The first-order chi connectivity index (χ1) is 10.4. The molecule has 2 aliphatic carbocycles. The van der Waals surface area contributed by atoms with Crippen molar-refractivity contribution in [2.24, 2.45) is 4.99 Å². The first-order valence-corrected chi connectivity index (χ1v) is 7.06. The fourth-order valence-corrected chi connectivity index (χ4v) is 2.78. The molecule has 0 saturated carbocycles. The van der Waals surface area contributed by atoms with Crippen LogP contribution in [-0.4, -0.2) is 6.21 Å². The molecule has 0 aromatic heterocycles. The van der Waals surface area contributed by atoms with E-state index in [9.17, 15) is 0 Å². The van der Waals surface area contributed by atoms with Crippen LogP contribution in [0.15, 0.2) is 59.6 Å². The molecule has 0 spiro atoms. The van der Waals surface area contributed by atoms with Crippen molar-refractivity contribution in [1.82, 2.24) is 0 Å². The topological polar surface area (TPSA) is 12.4 Å². The largest absolute Gasteiger partial charge is 4.00 e. The summed E-state index contributed by atoms with van der Waals surface area (Å²) in [6.45, 7) is 0. The number of halogens is 2. The average molecular weight is 429 g/mol. The van der Waals surface area contributed by atoms with Gasteiger partial charge in [-0.1, -0.05) is 53.9 Å². The second-order valence-electron chi connectivity index (χ2n) is 5.08. The first-order valence-electron chi connectivity index (χ1n) is 7.06. The Morgan fingerprint density at radius 3 is 2.46 bits per heavy atom.